The molecule has 0 radical (unpaired) electrons. The maximum Gasteiger partial charge on any atom is 0.336 e. The second-order valence-corrected chi connectivity index (χ2v) is 5.96. The molecule has 1 heterocycles. The van der Waals surface area contributed by atoms with Gasteiger partial charge in [-0.3, -0.25) is 4.79 Å². The smallest absolute Gasteiger partial charge is 0.336 e. The standard InChI is InChI=1S/C20H20N2O4/c1-13-8-20(24)26-18-10-15(6-7-17(13)18)22-19(23)12-21-11-14-4-3-5-16(9-14)25-2/h3-10,21H,11-12H2,1-2H3,(H,22,23). The van der Waals surface area contributed by atoms with Gasteiger partial charge in [-0.1, -0.05) is 12.1 Å². The van der Waals surface area contributed by atoms with E-state index in [-0.39, 0.29) is 12.5 Å². The number of amides is 1. The minimum absolute atomic E-state index is 0.160. The first-order valence-electron chi connectivity index (χ1n) is 8.23. The molecule has 134 valence electrons. The van der Waals surface area contributed by atoms with Crippen LogP contribution in [0, 0.1) is 6.92 Å². The van der Waals surface area contributed by atoms with Crippen LogP contribution in [0.25, 0.3) is 11.0 Å². The van der Waals surface area contributed by atoms with Gasteiger partial charge in [0.25, 0.3) is 0 Å². The molecule has 1 amide bonds. The third kappa shape index (κ3) is 4.29. The van der Waals surface area contributed by atoms with Gasteiger partial charge in [0.2, 0.25) is 5.91 Å². The van der Waals surface area contributed by atoms with E-state index >= 15 is 0 Å². The normalized spacial score (nSPS) is 10.7. The lowest BCUT2D eigenvalue weighted by molar-refractivity contribution is -0.115. The zero-order chi connectivity index (χ0) is 18.5. The Balaban J connectivity index is 1.59. The third-order valence-electron chi connectivity index (χ3n) is 3.98. The number of carbonyl (C=O) groups excluding carboxylic acids is 1. The molecule has 0 aliphatic carbocycles. The lowest BCUT2D eigenvalue weighted by Gasteiger charge is -2.09. The van der Waals surface area contributed by atoms with Crippen molar-refractivity contribution >= 4 is 22.6 Å². The predicted octanol–water partition coefficient (Wildman–Crippen LogP) is 2.84. The van der Waals surface area contributed by atoms with E-state index in [2.05, 4.69) is 10.6 Å². The molecule has 0 saturated carbocycles. The minimum atomic E-state index is -0.404. The fourth-order valence-electron chi connectivity index (χ4n) is 2.71. The van der Waals surface area contributed by atoms with Gasteiger partial charge in [-0.05, 0) is 42.3 Å². The zero-order valence-electron chi connectivity index (χ0n) is 14.7. The Kier molecular flexibility index (Phi) is 5.34. The molecule has 0 spiro atoms. The van der Waals surface area contributed by atoms with Crippen LogP contribution in [0.15, 0.2) is 57.7 Å². The fraction of sp³-hybridized carbons (Fsp3) is 0.200. The van der Waals surface area contributed by atoms with Gasteiger partial charge in [0.15, 0.2) is 0 Å². The van der Waals surface area contributed by atoms with E-state index in [1.807, 2.05) is 37.3 Å². The van der Waals surface area contributed by atoms with Crippen molar-refractivity contribution in [3.8, 4) is 5.75 Å². The number of hydrogen-bond donors (Lipinski definition) is 2. The van der Waals surface area contributed by atoms with E-state index in [1.54, 1.807) is 19.2 Å². The molecule has 0 bridgehead atoms. The number of rotatable bonds is 6. The van der Waals surface area contributed by atoms with Crippen LogP contribution in [0.2, 0.25) is 0 Å². The van der Waals surface area contributed by atoms with E-state index in [4.69, 9.17) is 9.15 Å². The minimum Gasteiger partial charge on any atom is -0.497 e. The van der Waals surface area contributed by atoms with Crippen molar-refractivity contribution in [2.75, 3.05) is 19.0 Å². The second kappa shape index (κ2) is 7.84. The molecule has 0 fully saturated rings. The molecule has 0 aliphatic heterocycles. The number of benzene rings is 2. The number of ether oxygens (including phenoxy) is 1. The Morgan fingerprint density at radius 1 is 1.15 bits per heavy atom. The first kappa shape index (κ1) is 17.7. The van der Waals surface area contributed by atoms with E-state index in [0.29, 0.717) is 17.8 Å². The summed E-state index contributed by atoms with van der Waals surface area (Å²) in [7, 11) is 1.62. The highest BCUT2D eigenvalue weighted by molar-refractivity contribution is 5.94. The summed E-state index contributed by atoms with van der Waals surface area (Å²) >= 11 is 0. The highest BCUT2D eigenvalue weighted by atomic mass is 16.5. The maximum atomic E-state index is 12.1. The number of methoxy groups -OCH3 is 1. The van der Waals surface area contributed by atoms with Crippen molar-refractivity contribution in [3.63, 3.8) is 0 Å². The lowest BCUT2D eigenvalue weighted by Crippen LogP contribution is -2.27. The molecule has 6 heteroatoms. The molecule has 0 unspecified atom stereocenters. The quantitative estimate of drug-likeness (QED) is 0.667. The summed E-state index contributed by atoms with van der Waals surface area (Å²) < 4.78 is 10.4. The van der Waals surface area contributed by atoms with Crippen molar-refractivity contribution in [3.05, 3.63) is 70.1 Å². The highest BCUT2D eigenvalue weighted by Crippen LogP contribution is 2.20. The number of hydrogen-bond acceptors (Lipinski definition) is 5. The Labute approximate surface area is 150 Å². The Bertz CT molecular complexity index is 995. The third-order valence-corrected chi connectivity index (χ3v) is 3.98. The summed E-state index contributed by atoms with van der Waals surface area (Å²) in [5.74, 6) is 0.601. The van der Waals surface area contributed by atoms with E-state index < -0.39 is 5.63 Å². The average molecular weight is 352 g/mol. The van der Waals surface area contributed by atoms with E-state index in [1.165, 1.54) is 6.07 Å². The van der Waals surface area contributed by atoms with Crippen molar-refractivity contribution in [2.45, 2.75) is 13.5 Å². The summed E-state index contributed by atoms with van der Waals surface area (Å²) in [6.07, 6.45) is 0. The molecule has 26 heavy (non-hydrogen) atoms. The van der Waals surface area contributed by atoms with Crippen LogP contribution in [0.4, 0.5) is 5.69 Å². The molecular formula is C20H20N2O4. The average Bonchev–Trinajstić information content (AvgIpc) is 2.61. The van der Waals surface area contributed by atoms with Crippen LogP contribution in [-0.2, 0) is 11.3 Å². The Morgan fingerprint density at radius 2 is 2.00 bits per heavy atom. The fourth-order valence-corrected chi connectivity index (χ4v) is 2.71. The van der Waals surface area contributed by atoms with Gasteiger partial charge in [0, 0.05) is 29.8 Å². The lowest BCUT2D eigenvalue weighted by atomic mass is 10.1. The maximum absolute atomic E-state index is 12.1. The highest BCUT2D eigenvalue weighted by Gasteiger charge is 2.06. The molecular weight excluding hydrogens is 332 g/mol. The van der Waals surface area contributed by atoms with Gasteiger partial charge in [0.1, 0.15) is 11.3 Å². The second-order valence-electron chi connectivity index (χ2n) is 5.96. The molecule has 2 N–H and O–H groups in total. The van der Waals surface area contributed by atoms with Crippen LogP contribution in [0.1, 0.15) is 11.1 Å². The van der Waals surface area contributed by atoms with Crippen molar-refractivity contribution in [1.82, 2.24) is 5.32 Å². The number of fused-ring (bicyclic) bond motifs is 1. The van der Waals surface area contributed by atoms with Crippen molar-refractivity contribution < 1.29 is 13.9 Å². The summed E-state index contributed by atoms with van der Waals surface area (Å²) in [6.45, 7) is 2.56. The van der Waals surface area contributed by atoms with Gasteiger partial charge in [-0.2, -0.15) is 0 Å². The Hall–Kier alpha value is -3.12. The van der Waals surface area contributed by atoms with E-state index in [9.17, 15) is 9.59 Å². The van der Waals surface area contributed by atoms with Gasteiger partial charge in [-0.15, -0.1) is 0 Å². The number of aryl methyl sites for hydroxylation is 1. The first-order chi connectivity index (χ1) is 12.5. The van der Waals surface area contributed by atoms with Crippen molar-refractivity contribution in [2.24, 2.45) is 0 Å². The molecule has 0 atom stereocenters. The SMILES string of the molecule is COc1cccc(CNCC(=O)Nc2ccc3c(C)cc(=O)oc3c2)c1. The largest absolute Gasteiger partial charge is 0.497 e. The van der Waals surface area contributed by atoms with Crippen LogP contribution < -0.4 is 21.0 Å². The number of anilines is 1. The first-order valence-corrected chi connectivity index (χ1v) is 8.23. The monoisotopic (exact) mass is 352 g/mol. The molecule has 3 aromatic rings. The van der Waals surface area contributed by atoms with Gasteiger partial charge in [0.05, 0.1) is 13.7 Å². The van der Waals surface area contributed by atoms with E-state index in [0.717, 1.165) is 22.3 Å². The summed E-state index contributed by atoms with van der Waals surface area (Å²) in [6, 6.07) is 14.4. The summed E-state index contributed by atoms with van der Waals surface area (Å²) in [4.78, 5) is 23.6. The zero-order valence-corrected chi connectivity index (χ0v) is 14.7. The van der Waals surface area contributed by atoms with Crippen LogP contribution in [-0.4, -0.2) is 19.6 Å². The van der Waals surface area contributed by atoms with Gasteiger partial charge < -0.3 is 19.8 Å². The van der Waals surface area contributed by atoms with Gasteiger partial charge >= 0.3 is 5.63 Å². The summed E-state index contributed by atoms with van der Waals surface area (Å²) in [5.41, 5.74) is 2.50. The van der Waals surface area contributed by atoms with Crippen molar-refractivity contribution in [1.29, 1.82) is 0 Å². The molecule has 6 nitrogen and oxygen atoms in total. The molecule has 3 rings (SSSR count). The topological polar surface area (TPSA) is 80.6 Å². The summed E-state index contributed by atoms with van der Waals surface area (Å²) in [5, 5.41) is 6.73. The van der Waals surface area contributed by atoms with Crippen LogP contribution in [0.3, 0.4) is 0 Å². The molecule has 0 saturated heterocycles. The number of carbonyl (C=O) groups is 1. The number of nitrogens with one attached hydrogen (secondary N) is 2. The molecule has 1 aromatic heterocycles. The molecule has 2 aromatic carbocycles. The molecule has 0 aliphatic rings. The Morgan fingerprint density at radius 3 is 2.81 bits per heavy atom. The van der Waals surface area contributed by atoms with Gasteiger partial charge in [-0.25, -0.2) is 4.79 Å². The predicted molar refractivity (Wildman–Crippen MR) is 101 cm³/mol. The van der Waals surface area contributed by atoms with Crippen LogP contribution >= 0.6 is 0 Å². The van der Waals surface area contributed by atoms with Crippen LogP contribution in [0.5, 0.6) is 5.75 Å².